The van der Waals surface area contributed by atoms with E-state index in [1.54, 1.807) is 18.2 Å². The van der Waals surface area contributed by atoms with E-state index in [2.05, 4.69) is 0 Å². The van der Waals surface area contributed by atoms with Crippen molar-refractivity contribution in [2.24, 2.45) is 0 Å². The Bertz CT molecular complexity index is 293. The number of hydrogen-bond acceptors (Lipinski definition) is 3. The van der Waals surface area contributed by atoms with E-state index in [0.29, 0.717) is 17.1 Å². The molecule has 0 unspecified atom stereocenters. The zero-order chi connectivity index (χ0) is 8.97. The summed E-state index contributed by atoms with van der Waals surface area (Å²) in [7, 11) is 3.05. The lowest BCUT2D eigenvalue weighted by molar-refractivity contribution is 0.392. The first-order valence-electron chi connectivity index (χ1n) is 3.44. The maximum atomic E-state index is 8.75. The van der Waals surface area contributed by atoms with Crippen molar-refractivity contribution in [1.82, 2.24) is 0 Å². The van der Waals surface area contributed by atoms with Gasteiger partial charge in [0.05, 0.1) is 14.2 Å². The molecule has 1 aromatic carbocycles. The highest BCUT2D eigenvalue weighted by atomic mass is 16.5. The molecular weight excluding hydrogens is 153 g/mol. The van der Waals surface area contributed by atoms with Gasteiger partial charge in [-0.25, -0.2) is 0 Å². The van der Waals surface area contributed by atoms with E-state index in [1.807, 2.05) is 6.07 Å². The van der Waals surface area contributed by atoms with Crippen molar-refractivity contribution < 1.29 is 9.47 Å². The number of nitriles is 1. The second-order valence-corrected chi connectivity index (χ2v) is 2.15. The number of hydrogen-bond donors (Lipinski definition) is 0. The van der Waals surface area contributed by atoms with Crippen LogP contribution in [0, 0.1) is 11.3 Å². The topological polar surface area (TPSA) is 42.2 Å². The van der Waals surface area contributed by atoms with Crippen LogP contribution in [0.1, 0.15) is 5.56 Å². The third kappa shape index (κ3) is 1.32. The van der Waals surface area contributed by atoms with Crippen LogP contribution < -0.4 is 9.47 Å². The van der Waals surface area contributed by atoms with Crippen LogP contribution in [0.3, 0.4) is 0 Å². The molecule has 0 heterocycles. The Labute approximate surface area is 71.1 Å². The van der Waals surface area contributed by atoms with Gasteiger partial charge >= 0.3 is 0 Å². The minimum atomic E-state index is 0.433. The van der Waals surface area contributed by atoms with Crippen LogP contribution >= 0.6 is 0 Å². The fourth-order valence-corrected chi connectivity index (χ4v) is 0.961. The summed E-state index contributed by atoms with van der Waals surface area (Å²) in [5.74, 6) is 1.08. The molecule has 0 saturated carbocycles. The van der Waals surface area contributed by atoms with Crippen LogP contribution in [-0.2, 0) is 0 Å². The molecule has 1 aromatic rings. The van der Waals surface area contributed by atoms with Crippen LogP contribution in [0.2, 0.25) is 0 Å². The minimum absolute atomic E-state index is 0.433. The zero-order valence-electron chi connectivity index (χ0n) is 7.00. The summed E-state index contributed by atoms with van der Waals surface area (Å²) in [6.07, 6.45) is 0. The monoisotopic (exact) mass is 162 g/mol. The molecule has 62 valence electrons. The van der Waals surface area contributed by atoms with Gasteiger partial charge in [-0.15, -0.1) is 0 Å². The average molecular weight is 162 g/mol. The fourth-order valence-electron chi connectivity index (χ4n) is 0.961. The molecule has 0 radical (unpaired) electrons. The molecule has 0 N–H and O–H groups in total. The molecule has 0 atom stereocenters. The van der Waals surface area contributed by atoms with Gasteiger partial charge in [-0.05, 0) is 12.1 Å². The number of methoxy groups -OCH3 is 2. The lowest BCUT2D eigenvalue weighted by Crippen LogP contribution is -1.92. The van der Waals surface area contributed by atoms with E-state index in [9.17, 15) is 0 Å². The van der Waals surface area contributed by atoms with Crippen LogP contribution in [-0.4, -0.2) is 14.2 Å². The van der Waals surface area contributed by atoms with Crippen LogP contribution in [0.15, 0.2) is 18.2 Å². The Balaban J connectivity index is 3.25. The third-order valence-electron chi connectivity index (χ3n) is 1.54. The molecule has 0 aliphatic carbocycles. The van der Waals surface area contributed by atoms with Crippen molar-refractivity contribution in [3.63, 3.8) is 0 Å². The molecule has 0 aromatic heterocycles. The molecule has 0 spiro atoms. The maximum absolute atomic E-state index is 8.75. The van der Waals surface area contributed by atoms with Crippen molar-refractivity contribution in [3.8, 4) is 17.6 Å². The molecule has 3 nitrogen and oxygen atoms in total. The van der Waals surface area contributed by atoms with Crippen molar-refractivity contribution in [2.45, 2.75) is 0 Å². The second-order valence-electron chi connectivity index (χ2n) is 2.15. The first-order valence-corrected chi connectivity index (χ1v) is 3.44. The highest BCUT2D eigenvalue weighted by molar-refractivity contribution is 5.52. The fraction of sp³-hybridized carbons (Fsp3) is 0.222. The Kier molecular flexibility index (Phi) is 2.54. The summed E-state index contributed by atoms with van der Waals surface area (Å²) in [4.78, 5) is 0. The standard InChI is InChI=1S/C9H9NO2/c1-11-8-4-3-5-9(12-2)7(8)6-10/h3-5H,1-2H3/i6-1. The normalized spacial score (nSPS) is 8.75. The minimum Gasteiger partial charge on any atom is -0.495 e. The maximum Gasteiger partial charge on any atom is 0.140 e. The van der Waals surface area contributed by atoms with Gasteiger partial charge in [0.1, 0.15) is 23.1 Å². The van der Waals surface area contributed by atoms with Crippen molar-refractivity contribution in [3.05, 3.63) is 23.8 Å². The SMILES string of the molecule is COc1cccc(OC)c1[11C]#N. The van der Waals surface area contributed by atoms with Crippen LogP contribution in [0.5, 0.6) is 11.5 Å². The first kappa shape index (κ1) is 8.41. The molecule has 0 aliphatic rings. The van der Waals surface area contributed by atoms with Crippen LogP contribution in [0.4, 0.5) is 0 Å². The van der Waals surface area contributed by atoms with Gasteiger partial charge in [0.15, 0.2) is 0 Å². The molecule has 12 heavy (non-hydrogen) atoms. The predicted molar refractivity (Wildman–Crippen MR) is 44.3 cm³/mol. The van der Waals surface area contributed by atoms with E-state index in [-0.39, 0.29) is 0 Å². The van der Waals surface area contributed by atoms with E-state index in [1.165, 1.54) is 14.2 Å². The average Bonchev–Trinajstić information content (AvgIpc) is 2.16. The van der Waals surface area contributed by atoms with Gasteiger partial charge in [-0.1, -0.05) is 6.07 Å². The Morgan fingerprint density at radius 3 is 2.00 bits per heavy atom. The van der Waals surface area contributed by atoms with Gasteiger partial charge in [0.2, 0.25) is 0 Å². The highest BCUT2D eigenvalue weighted by Crippen LogP contribution is 2.26. The van der Waals surface area contributed by atoms with Gasteiger partial charge in [0.25, 0.3) is 0 Å². The molecule has 0 bridgehead atoms. The molecule has 0 fully saturated rings. The van der Waals surface area contributed by atoms with Gasteiger partial charge in [0, 0.05) is 0 Å². The van der Waals surface area contributed by atoms with Crippen molar-refractivity contribution in [1.29, 1.82) is 5.26 Å². The molecule has 0 amide bonds. The summed E-state index contributed by atoms with van der Waals surface area (Å²) >= 11 is 0. The second kappa shape index (κ2) is 3.63. The van der Waals surface area contributed by atoms with E-state index in [0.717, 1.165) is 0 Å². The lowest BCUT2D eigenvalue weighted by atomic mass is 9.98. The third-order valence-corrected chi connectivity index (χ3v) is 1.54. The summed E-state index contributed by atoms with van der Waals surface area (Å²) in [5.41, 5.74) is 0.433. The Morgan fingerprint density at radius 1 is 1.17 bits per heavy atom. The highest BCUT2D eigenvalue weighted by Gasteiger charge is 2.07. The van der Waals surface area contributed by atoms with Gasteiger partial charge < -0.3 is 9.47 Å². The number of ether oxygens (including phenoxy) is 2. The quantitative estimate of drug-likeness (QED) is 0.663. The van der Waals surface area contributed by atoms with E-state index >= 15 is 0 Å². The van der Waals surface area contributed by atoms with Gasteiger partial charge in [-0.2, -0.15) is 5.26 Å². The van der Waals surface area contributed by atoms with E-state index in [4.69, 9.17) is 14.7 Å². The predicted octanol–water partition coefficient (Wildman–Crippen LogP) is 1.58. The largest absolute Gasteiger partial charge is 0.495 e. The van der Waals surface area contributed by atoms with E-state index < -0.39 is 0 Å². The van der Waals surface area contributed by atoms with Crippen molar-refractivity contribution >= 4 is 0 Å². The Morgan fingerprint density at radius 2 is 1.67 bits per heavy atom. The summed E-state index contributed by atoms with van der Waals surface area (Å²) in [6.45, 7) is 0. The smallest absolute Gasteiger partial charge is 0.140 e. The number of nitrogens with zero attached hydrogens (tertiary/aromatic N) is 1. The zero-order valence-corrected chi connectivity index (χ0v) is 7.00. The summed E-state index contributed by atoms with van der Waals surface area (Å²) < 4.78 is 9.95. The summed E-state index contributed by atoms with van der Waals surface area (Å²) in [5, 5.41) is 8.75. The number of rotatable bonds is 2. The number of benzene rings is 1. The van der Waals surface area contributed by atoms with Gasteiger partial charge in [-0.3, -0.25) is 0 Å². The molecule has 0 saturated heterocycles. The first-order chi connectivity index (χ1) is 5.83. The van der Waals surface area contributed by atoms with Crippen LogP contribution in [0.25, 0.3) is 0 Å². The van der Waals surface area contributed by atoms with Crippen molar-refractivity contribution in [2.75, 3.05) is 14.2 Å². The lowest BCUT2D eigenvalue weighted by Gasteiger charge is -2.05. The Hall–Kier alpha value is -1.69. The summed E-state index contributed by atoms with van der Waals surface area (Å²) in [6, 6.07) is 7.24. The molecular formula is C9H9NO2. The molecule has 0 aliphatic heterocycles. The molecule has 1 rings (SSSR count). The molecule has 3 heteroatoms.